The maximum Gasteiger partial charge on any atom is 0.279 e. The monoisotopic (exact) mass is 380 g/mol. The van der Waals surface area contributed by atoms with E-state index in [1.807, 2.05) is 11.4 Å². The van der Waals surface area contributed by atoms with Gasteiger partial charge in [0, 0.05) is 18.8 Å². The normalized spacial score (nSPS) is 15.7. The van der Waals surface area contributed by atoms with Crippen molar-refractivity contribution in [2.45, 2.75) is 11.4 Å². The van der Waals surface area contributed by atoms with Crippen LogP contribution in [0.4, 0.5) is 5.69 Å². The summed E-state index contributed by atoms with van der Waals surface area (Å²) in [6.07, 6.45) is 1.59. The van der Waals surface area contributed by atoms with Crippen molar-refractivity contribution in [1.29, 1.82) is 0 Å². The molecule has 0 radical (unpaired) electrons. The summed E-state index contributed by atoms with van der Waals surface area (Å²) in [4.78, 5) is 12.2. The van der Waals surface area contributed by atoms with Crippen molar-refractivity contribution in [3.05, 3.63) is 48.4 Å². The highest BCUT2D eigenvalue weighted by Gasteiger charge is 2.26. The van der Waals surface area contributed by atoms with Gasteiger partial charge in [-0.1, -0.05) is 0 Å². The van der Waals surface area contributed by atoms with Gasteiger partial charge < -0.3 is 19.8 Å². The molecule has 1 aromatic carbocycles. The number of rotatable bonds is 7. The molecule has 1 aliphatic rings. The number of quaternary nitrogens is 1. The van der Waals surface area contributed by atoms with Gasteiger partial charge in [-0.15, -0.1) is 0 Å². The van der Waals surface area contributed by atoms with Gasteiger partial charge in [-0.3, -0.25) is 4.79 Å². The molecular weight excluding hydrogens is 358 g/mol. The quantitative estimate of drug-likeness (QED) is 0.704. The number of morpholine rings is 1. The van der Waals surface area contributed by atoms with Crippen LogP contribution in [-0.2, 0) is 26.1 Å². The Bertz CT molecular complexity index is 813. The summed E-state index contributed by atoms with van der Waals surface area (Å²) < 4.78 is 36.9. The van der Waals surface area contributed by atoms with Gasteiger partial charge in [0.2, 0.25) is 10.0 Å². The van der Waals surface area contributed by atoms with E-state index in [-0.39, 0.29) is 17.3 Å². The molecule has 8 nitrogen and oxygen atoms in total. The topological polar surface area (TPSA) is 105 Å². The van der Waals surface area contributed by atoms with Gasteiger partial charge in [0.25, 0.3) is 5.91 Å². The fourth-order valence-corrected chi connectivity index (χ4v) is 4.04. The molecule has 0 atom stereocenters. The minimum Gasteiger partial charge on any atom is -0.463 e. The Morgan fingerprint density at radius 3 is 2.54 bits per heavy atom. The van der Waals surface area contributed by atoms with Crippen LogP contribution in [0.15, 0.2) is 52.0 Å². The molecule has 9 heteroatoms. The van der Waals surface area contributed by atoms with E-state index in [1.165, 1.54) is 16.4 Å². The van der Waals surface area contributed by atoms with Crippen LogP contribution in [0, 0.1) is 0 Å². The number of furan rings is 1. The highest BCUT2D eigenvalue weighted by atomic mass is 32.2. The molecule has 0 spiro atoms. The fourth-order valence-electron chi connectivity index (χ4n) is 2.63. The van der Waals surface area contributed by atoms with E-state index in [0.29, 0.717) is 38.5 Å². The smallest absolute Gasteiger partial charge is 0.279 e. The lowest BCUT2D eigenvalue weighted by Gasteiger charge is -2.26. The number of ether oxygens (including phenoxy) is 1. The molecule has 140 valence electrons. The number of hydrogen-bond acceptors (Lipinski definition) is 5. The molecule has 0 bridgehead atoms. The van der Waals surface area contributed by atoms with Crippen molar-refractivity contribution < 1.29 is 27.7 Å². The molecule has 2 aromatic rings. The van der Waals surface area contributed by atoms with E-state index in [1.54, 1.807) is 24.5 Å². The number of hydrogen-bond donors (Lipinski definition) is 2. The molecule has 0 unspecified atom stereocenters. The molecule has 1 saturated heterocycles. The second kappa shape index (κ2) is 8.45. The van der Waals surface area contributed by atoms with E-state index in [4.69, 9.17) is 9.15 Å². The summed E-state index contributed by atoms with van der Waals surface area (Å²) >= 11 is 0. The van der Waals surface area contributed by atoms with Gasteiger partial charge in [-0.2, -0.15) is 4.31 Å². The summed E-state index contributed by atoms with van der Waals surface area (Å²) in [6.45, 7) is 2.34. The Balaban J connectivity index is 1.52. The van der Waals surface area contributed by atoms with E-state index in [0.717, 1.165) is 5.76 Å². The molecule has 2 heterocycles. The molecule has 1 aromatic heterocycles. The molecule has 1 amide bonds. The lowest BCUT2D eigenvalue weighted by molar-refractivity contribution is -0.661. The van der Waals surface area contributed by atoms with Crippen LogP contribution in [0.1, 0.15) is 5.76 Å². The summed E-state index contributed by atoms with van der Waals surface area (Å²) in [7, 11) is -3.52. The highest BCUT2D eigenvalue weighted by Crippen LogP contribution is 2.19. The average Bonchev–Trinajstić information content (AvgIpc) is 3.16. The Morgan fingerprint density at radius 2 is 1.88 bits per heavy atom. The summed E-state index contributed by atoms with van der Waals surface area (Å²) in [6, 6.07) is 9.85. The summed E-state index contributed by atoms with van der Waals surface area (Å²) in [5.74, 6) is 0.635. The van der Waals surface area contributed by atoms with Crippen molar-refractivity contribution in [2.24, 2.45) is 0 Å². The zero-order valence-corrected chi connectivity index (χ0v) is 15.1. The Kier molecular flexibility index (Phi) is 6.04. The SMILES string of the molecule is O=C(C[NH2+]Cc1ccco1)Nc1ccc(S(=O)(=O)N2CCOCC2)cc1. The van der Waals surface area contributed by atoms with Crippen molar-refractivity contribution in [2.75, 3.05) is 38.2 Å². The van der Waals surface area contributed by atoms with Crippen LogP contribution in [0.5, 0.6) is 0 Å². The minimum atomic E-state index is -3.52. The lowest BCUT2D eigenvalue weighted by atomic mass is 10.3. The van der Waals surface area contributed by atoms with Crippen LogP contribution in [-0.4, -0.2) is 51.5 Å². The molecule has 26 heavy (non-hydrogen) atoms. The largest absolute Gasteiger partial charge is 0.463 e. The number of nitrogens with two attached hydrogens (primary N) is 1. The second-order valence-corrected chi connectivity index (χ2v) is 7.80. The van der Waals surface area contributed by atoms with Gasteiger partial charge in [0.05, 0.1) is 24.4 Å². The number of benzene rings is 1. The molecule has 3 rings (SSSR count). The van der Waals surface area contributed by atoms with Crippen LogP contribution in [0.2, 0.25) is 0 Å². The molecule has 0 aliphatic carbocycles. The van der Waals surface area contributed by atoms with Gasteiger partial charge in [-0.25, -0.2) is 8.42 Å². The van der Waals surface area contributed by atoms with E-state index < -0.39 is 10.0 Å². The maximum absolute atomic E-state index is 12.5. The van der Waals surface area contributed by atoms with E-state index in [9.17, 15) is 13.2 Å². The van der Waals surface area contributed by atoms with Crippen molar-refractivity contribution in [3.63, 3.8) is 0 Å². The predicted octanol–water partition coefficient (Wildman–Crippen LogP) is 0.00260. The van der Waals surface area contributed by atoms with Crippen LogP contribution < -0.4 is 10.6 Å². The number of carbonyl (C=O) groups excluding carboxylic acids is 1. The summed E-state index contributed by atoms with van der Waals surface area (Å²) in [5.41, 5.74) is 0.558. The number of anilines is 1. The second-order valence-electron chi connectivity index (χ2n) is 5.87. The lowest BCUT2D eigenvalue weighted by Crippen LogP contribution is -2.84. The molecular formula is C17H22N3O5S+. The zero-order valence-electron chi connectivity index (χ0n) is 14.3. The van der Waals surface area contributed by atoms with Crippen LogP contribution in [0.3, 0.4) is 0 Å². The van der Waals surface area contributed by atoms with Gasteiger partial charge in [-0.05, 0) is 36.4 Å². The molecule has 1 aliphatic heterocycles. The number of sulfonamides is 1. The maximum atomic E-state index is 12.5. The molecule has 0 saturated carbocycles. The average molecular weight is 380 g/mol. The molecule has 3 N–H and O–H groups in total. The first-order chi connectivity index (χ1) is 12.6. The third-order valence-electron chi connectivity index (χ3n) is 4.00. The standard InChI is InChI=1S/C17H21N3O5S/c21-17(13-18-12-15-2-1-9-25-15)19-14-3-5-16(6-4-14)26(22,23)20-7-10-24-11-8-20/h1-6,9,18H,7-8,10-13H2,(H,19,21)/p+1. The van der Waals surface area contributed by atoms with Crippen molar-refractivity contribution in [3.8, 4) is 0 Å². The van der Waals surface area contributed by atoms with Gasteiger partial charge in [0.1, 0.15) is 6.54 Å². The number of nitrogens with one attached hydrogen (secondary N) is 1. The first-order valence-electron chi connectivity index (χ1n) is 8.37. The fraction of sp³-hybridized carbons (Fsp3) is 0.353. The Labute approximate surface area is 152 Å². The number of nitrogens with zero attached hydrogens (tertiary/aromatic N) is 1. The number of amides is 1. The number of carbonyl (C=O) groups is 1. The van der Waals surface area contributed by atoms with E-state index in [2.05, 4.69) is 5.32 Å². The van der Waals surface area contributed by atoms with Gasteiger partial charge >= 0.3 is 0 Å². The van der Waals surface area contributed by atoms with Crippen molar-refractivity contribution in [1.82, 2.24) is 4.31 Å². The van der Waals surface area contributed by atoms with E-state index >= 15 is 0 Å². The Hall–Kier alpha value is -2.20. The van der Waals surface area contributed by atoms with Crippen LogP contribution >= 0.6 is 0 Å². The zero-order chi connectivity index (χ0) is 18.4. The predicted molar refractivity (Wildman–Crippen MR) is 93.9 cm³/mol. The minimum absolute atomic E-state index is 0.166. The molecule has 1 fully saturated rings. The third-order valence-corrected chi connectivity index (χ3v) is 5.91. The Morgan fingerprint density at radius 1 is 1.15 bits per heavy atom. The first-order valence-corrected chi connectivity index (χ1v) is 9.81. The summed E-state index contributed by atoms with van der Waals surface area (Å²) in [5, 5.41) is 4.58. The first kappa shape index (κ1) is 18.6. The van der Waals surface area contributed by atoms with Crippen molar-refractivity contribution >= 4 is 21.6 Å². The van der Waals surface area contributed by atoms with Gasteiger partial charge in [0.15, 0.2) is 12.3 Å². The third kappa shape index (κ3) is 4.70. The highest BCUT2D eigenvalue weighted by molar-refractivity contribution is 7.89. The van der Waals surface area contributed by atoms with Crippen LogP contribution in [0.25, 0.3) is 0 Å².